The van der Waals surface area contributed by atoms with Crippen LogP contribution in [-0.4, -0.2) is 72.9 Å². The van der Waals surface area contributed by atoms with E-state index in [-0.39, 0.29) is 18.0 Å². The molecule has 2 aliphatic heterocycles. The van der Waals surface area contributed by atoms with Crippen LogP contribution in [0.4, 0.5) is 10.5 Å². The Hall–Kier alpha value is -3.83. The molecule has 3 heterocycles. The van der Waals surface area contributed by atoms with Crippen molar-refractivity contribution < 1.29 is 28.5 Å². The average Bonchev–Trinajstić information content (AvgIpc) is 2.95. The Morgan fingerprint density at radius 1 is 1.12 bits per heavy atom. The lowest BCUT2D eigenvalue weighted by molar-refractivity contribution is -0.153. The van der Waals surface area contributed by atoms with Crippen LogP contribution >= 0.6 is 11.6 Å². The van der Waals surface area contributed by atoms with E-state index in [9.17, 15) is 9.59 Å². The van der Waals surface area contributed by atoms with Crippen LogP contribution in [0.15, 0.2) is 36.7 Å². The Morgan fingerprint density at radius 3 is 2.57 bits per heavy atom. The molecule has 42 heavy (non-hydrogen) atoms. The normalized spacial score (nSPS) is 15.8. The lowest BCUT2D eigenvalue weighted by Crippen LogP contribution is -2.52. The van der Waals surface area contributed by atoms with Gasteiger partial charge in [0.25, 0.3) is 0 Å². The fourth-order valence-corrected chi connectivity index (χ4v) is 5.28. The highest BCUT2D eigenvalue weighted by molar-refractivity contribution is 6.33. The average molecular weight is 598 g/mol. The van der Waals surface area contributed by atoms with Gasteiger partial charge in [-0.15, -0.1) is 0 Å². The van der Waals surface area contributed by atoms with Crippen molar-refractivity contribution >= 4 is 40.1 Å². The largest absolute Gasteiger partial charge is 0.493 e. The molecule has 2 aliphatic rings. The highest BCUT2D eigenvalue weighted by Gasteiger charge is 2.41. The van der Waals surface area contributed by atoms with Crippen LogP contribution in [0, 0.1) is 5.41 Å². The summed E-state index contributed by atoms with van der Waals surface area (Å²) in [6.07, 6.45) is 4.46. The van der Waals surface area contributed by atoms with E-state index in [2.05, 4.69) is 20.6 Å². The highest BCUT2D eigenvalue weighted by atomic mass is 35.5. The Labute approximate surface area is 249 Å². The number of anilines is 1. The van der Waals surface area contributed by atoms with Gasteiger partial charge in [-0.2, -0.15) is 0 Å². The number of nitrogens with zero attached hydrogens (tertiary/aromatic N) is 3. The molecule has 1 aromatic heterocycles. The molecule has 3 amide bonds. The van der Waals surface area contributed by atoms with Crippen LogP contribution in [0.2, 0.25) is 5.02 Å². The second kappa shape index (κ2) is 13.0. The Balaban J connectivity index is 1.19. The quantitative estimate of drug-likeness (QED) is 0.297. The number of carbonyl (C=O) groups is 2. The second-order valence-electron chi connectivity index (χ2n) is 11.0. The first-order valence-corrected chi connectivity index (χ1v) is 14.5. The van der Waals surface area contributed by atoms with Gasteiger partial charge in [0, 0.05) is 43.1 Å². The predicted octanol–water partition coefficient (Wildman–Crippen LogP) is 5.41. The highest BCUT2D eigenvalue weighted by Crippen LogP contribution is 2.39. The van der Waals surface area contributed by atoms with Crippen molar-refractivity contribution in [2.24, 2.45) is 5.41 Å². The van der Waals surface area contributed by atoms with Crippen LogP contribution in [0.5, 0.6) is 23.1 Å². The van der Waals surface area contributed by atoms with Crippen molar-refractivity contribution in [3.8, 4) is 23.1 Å². The van der Waals surface area contributed by atoms with E-state index in [4.69, 9.17) is 30.5 Å². The summed E-state index contributed by atoms with van der Waals surface area (Å²) in [6, 6.07) is 8.10. The van der Waals surface area contributed by atoms with Gasteiger partial charge in [-0.3, -0.25) is 4.79 Å². The van der Waals surface area contributed by atoms with Crippen molar-refractivity contribution in [2.75, 3.05) is 45.3 Å². The van der Waals surface area contributed by atoms with E-state index < -0.39 is 0 Å². The minimum atomic E-state index is -0.348. The minimum absolute atomic E-state index is 0.00915. The molecule has 0 radical (unpaired) electrons. The first kappa shape index (κ1) is 29.7. The van der Waals surface area contributed by atoms with Gasteiger partial charge in [0.15, 0.2) is 11.5 Å². The summed E-state index contributed by atoms with van der Waals surface area (Å²) in [6.45, 7) is 7.35. The van der Waals surface area contributed by atoms with Crippen molar-refractivity contribution in [1.29, 1.82) is 0 Å². The van der Waals surface area contributed by atoms with E-state index in [1.165, 1.54) is 6.33 Å². The van der Waals surface area contributed by atoms with Crippen molar-refractivity contribution in [1.82, 2.24) is 20.2 Å². The topological polar surface area (TPSA) is 124 Å². The van der Waals surface area contributed by atoms with Crippen molar-refractivity contribution in [3.63, 3.8) is 0 Å². The van der Waals surface area contributed by atoms with E-state index in [1.807, 2.05) is 18.7 Å². The maximum absolute atomic E-state index is 12.7. The molecule has 2 aromatic carbocycles. The summed E-state index contributed by atoms with van der Waals surface area (Å²) in [5, 5.41) is 6.40. The monoisotopic (exact) mass is 597 g/mol. The molecule has 0 aliphatic carbocycles. The number of benzene rings is 2. The summed E-state index contributed by atoms with van der Waals surface area (Å²) in [7, 11) is 1.55. The molecule has 5 rings (SSSR count). The van der Waals surface area contributed by atoms with Crippen LogP contribution in [0.3, 0.4) is 0 Å². The first-order valence-electron chi connectivity index (χ1n) is 14.1. The molecule has 3 aromatic rings. The SMILES string of the molecule is COc1cc2c(Oc3ccc(NC(=O)NC(C)C)c(Cl)c3)ncnc2cc1OCCCC(=O)N1CCC2(CC1)COC2. The van der Waals surface area contributed by atoms with Gasteiger partial charge < -0.3 is 34.5 Å². The third-order valence-electron chi connectivity index (χ3n) is 7.49. The number of halogens is 1. The molecule has 0 atom stereocenters. The molecule has 12 heteroatoms. The zero-order valence-electron chi connectivity index (χ0n) is 24.1. The first-order chi connectivity index (χ1) is 20.2. The smallest absolute Gasteiger partial charge is 0.319 e. The van der Waals surface area contributed by atoms with E-state index in [0.717, 1.165) is 39.1 Å². The number of nitrogens with one attached hydrogen (secondary N) is 2. The summed E-state index contributed by atoms with van der Waals surface area (Å²) in [4.78, 5) is 35.3. The number of hydrogen-bond donors (Lipinski definition) is 2. The molecule has 2 N–H and O–H groups in total. The van der Waals surface area contributed by atoms with Gasteiger partial charge in [0.2, 0.25) is 11.8 Å². The summed E-state index contributed by atoms with van der Waals surface area (Å²) in [5.74, 6) is 1.91. The maximum atomic E-state index is 12.7. The molecule has 11 nitrogen and oxygen atoms in total. The van der Waals surface area contributed by atoms with Gasteiger partial charge in [-0.25, -0.2) is 14.8 Å². The number of hydrogen-bond acceptors (Lipinski definition) is 8. The molecule has 224 valence electrons. The minimum Gasteiger partial charge on any atom is -0.493 e. The Morgan fingerprint density at radius 2 is 1.90 bits per heavy atom. The Kier molecular flexibility index (Phi) is 9.18. The summed E-state index contributed by atoms with van der Waals surface area (Å²) in [5.41, 5.74) is 1.36. The van der Waals surface area contributed by atoms with Crippen molar-refractivity contribution in [2.45, 2.75) is 45.6 Å². The number of carbonyl (C=O) groups excluding carboxylic acids is 2. The summed E-state index contributed by atoms with van der Waals surface area (Å²) < 4.78 is 23.0. The van der Waals surface area contributed by atoms with Crippen LogP contribution < -0.4 is 24.8 Å². The number of amides is 3. The Bertz CT molecular complexity index is 1440. The lowest BCUT2D eigenvalue weighted by Gasteiger charge is -2.47. The van der Waals surface area contributed by atoms with Gasteiger partial charge in [-0.05, 0) is 51.3 Å². The molecule has 1 spiro atoms. The predicted molar refractivity (Wildman–Crippen MR) is 159 cm³/mol. The van der Waals surface area contributed by atoms with E-state index in [0.29, 0.717) is 69.6 Å². The fourth-order valence-electron chi connectivity index (χ4n) is 5.06. The standard InChI is InChI=1S/C30H36ClN5O6/c1-19(2)34-29(38)35-23-7-6-20(13-22(23)31)42-28-21-14-25(39-3)26(15-24(21)32-18-33-28)41-12-4-5-27(37)36-10-8-30(9-11-36)16-40-17-30/h6-7,13-15,18-19H,4-5,8-12,16-17H2,1-3H3,(H2,34,35,38). The molecular formula is C30H36ClN5O6. The van der Waals surface area contributed by atoms with Crippen LogP contribution in [0.25, 0.3) is 10.9 Å². The number of urea groups is 1. The lowest BCUT2D eigenvalue weighted by atomic mass is 9.77. The summed E-state index contributed by atoms with van der Waals surface area (Å²) >= 11 is 6.39. The zero-order valence-corrected chi connectivity index (χ0v) is 24.8. The molecule has 0 bridgehead atoms. The molecule has 0 saturated carbocycles. The van der Waals surface area contributed by atoms with Crippen LogP contribution in [0.1, 0.15) is 39.5 Å². The fraction of sp³-hybridized carbons (Fsp3) is 0.467. The van der Waals surface area contributed by atoms with Gasteiger partial charge in [-0.1, -0.05) is 11.6 Å². The maximum Gasteiger partial charge on any atom is 0.319 e. The van der Waals surface area contributed by atoms with E-state index in [1.54, 1.807) is 37.4 Å². The third-order valence-corrected chi connectivity index (χ3v) is 7.81. The number of rotatable bonds is 10. The van der Waals surface area contributed by atoms with Crippen LogP contribution in [-0.2, 0) is 9.53 Å². The van der Waals surface area contributed by atoms with Crippen molar-refractivity contribution in [3.05, 3.63) is 41.7 Å². The van der Waals surface area contributed by atoms with Gasteiger partial charge >= 0.3 is 6.03 Å². The number of methoxy groups -OCH3 is 1. The number of ether oxygens (including phenoxy) is 4. The number of aromatic nitrogens is 2. The number of piperidine rings is 1. The molecule has 2 saturated heterocycles. The molecular weight excluding hydrogens is 562 g/mol. The number of likely N-dealkylation sites (tertiary alicyclic amines) is 1. The van der Waals surface area contributed by atoms with Gasteiger partial charge in [0.1, 0.15) is 12.1 Å². The molecule has 2 fully saturated rings. The zero-order chi connectivity index (χ0) is 29.7. The third kappa shape index (κ3) is 6.96. The van der Waals surface area contributed by atoms with Gasteiger partial charge in [0.05, 0.1) is 48.5 Å². The number of fused-ring (bicyclic) bond motifs is 1. The second-order valence-corrected chi connectivity index (χ2v) is 11.4. The molecule has 0 unspecified atom stereocenters. The van der Waals surface area contributed by atoms with E-state index >= 15 is 0 Å².